The highest BCUT2D eigenvalue weighted by Gasteiger charge is 1.93. The van der Waals surface area contributed by atoms with E-state index in [2.05, 4.69) is 46.8 Å². The Morgan fingerprint density at radius 2 is 1.27 bits per heavy atom. The number of aromatic nitrogens is 3. The zero-order chi connectivity index (χ0) is 22.2. The van der Waals surface area contributed by atoms with Gasteiger partial charge in [-0.25, -0.2) is 0 Å². The summed E-state index contributed by atoms with van der Waals surface area (Å²) in [6.45, 7) is 1.07. The number of pyridine rings is 3. The van der Waals surface area contributed by atoms with Gasteiger partial charge in [-0.1, -0.05) is 0 Å². The fourth-order valence-electron chi connectivity index (χ4n) is 1.88. The maximum Gasteiger partial charge on any atom is 0.151 e. The van der Waals surface area contributed by atoms with Crippen LogP contribution >= 0.6 is 31.9 Å². The Hall–Kier alpha value is -2.04. The molecule has 1 N–H and O–H groups in total. The van der Waals surface area contributed by atoms with Crippen LogP contribution in [-0.4, -0.2) is 40.6 Å². The standard InChI is InChI=1S/C8H9NO2.C7H8BrNO.C6H6BrNO/c1-11-6-8-3-2-7(5-10)4-9-8;1-10-5-7-3-2-6(8)4-9-7;7-5-1-2-6(4-9)8-3-5/h2-5H,6H2,1H3;2-4H,5H2,1H3;1-3,9H,4H2. The largest absolute Gasteiger partial charge is 0.390 e. The number of nitrogens with zero attached hydrogens (tertiary/aromatic N) is 3. The number of hydrogen-bond donors (Lipinski definition) is 1. The second-order valence-corrected chi connectivity index (χ2v) is 7.49. The monoisotopic (exact) mass is 539 g/mol. The Morgan fingerprint density at radius 3 is 1.60 bits per heavy atom. The van der Waals surface area contributed by atoms with Crippen molar-refractivity contribution >= 4 is 38.1 Å². The Labute approximate surface area is 192 Å². The van der Waals surface area contributed by atoms with Crippen LogP contribution in [0.25, 0.3) is 0 Å². The van der Waals surface area contributed by atoms with E-state index >= 15 is 0 Å². The Bertz CT molecular complexity index is 846. The van der Waals surface area contributed by atoms with E-state index in [4.69, 9.17) is 14.6 Å². The van der Waals surface area contributed by atoms with E-state index in [0.29, 0.717) is 24.5 Å². The summed E-state index contributed by atoms with van der Waals surface area (Å²) in [5.41, 5.74) is 3.06. The molecule has 9 heteroatoms. The molecule has 0 radical (unpaired) electrons. The number of rotatable bonds is 6. The first-order valence-electron chi connectivity index (χ1n) is 8.72. The first kappa shape index (κ1) is 26.0. The Kier molecular flexibility index (Phi) is 13.7. The molecule has 0 amide bonds. The highest BCUT2D eigenvalue weighted by molar-refractivity contribution is 9.10. The molecule has 0 spiro atoms. The summed E-state index contributed by atoms with van der Waals surface area (Å²) in [5, 5.41) is 8.55. The van der Waals surface area contributed by atoms with Gasteiger partial charge in [0.25, 0.3) is 0 Å². The van der Waals surface area contributed by atoms with Crippen molar-refractivity contribution in [2.45, 2.75) is 19.8 Å². The highest BCUT2D eigenvalue weighted by Crippen LogP contribution is 2.07. The number of methoxy groups -OCH3 is 2. The van der Waals surface area contributed by atoms with Crippen molar-refractivity contribution in [1.82, 2.24) is 15.0 Å². The molecule has 0 bridgehead atoms. The summed E-state index contributed by atoms with van der Waals surface area (Å²) < 4.78 is 11.7. The van der Waals surface area contributed by atoms with E-state index < -0.39 is 0 Å². The zero-order valence-electron chi connectivity index (χ0n) is 16.7. The summed E-state index contributed by atoms with van der Waals surface area (Å²) in [5.74, 6) is 0. The Morgan fingerprint density at radius 1 is 0.800 bits per heavy atom. The molecule has 7 nitrogen and oxygen atoms in total. The molecular weight excluding hydrogens is 518 g/mol. The van der Waals surface area contributed by atoms with Crippen molar-refractivity contribution in [2.75, 3.05) is 14.2 Å². The van der Waals surface area contributed by atoms with Crippen molar-refractivity contribution in [1.29, 1.82) is 0 Å². The number of ether oxygens (including phenoxy) is 2. The lowest BCUT2D eigenvalue weighted by molar-refractivity contribution is 0.112. The Balaban J connectivity index is 0.000000226. The lowest BCUT2D eigenvalue weighted by Crippen LogP contribution is -1.92. The first-order chi connectivity index (χ1) is 14.5. The van der Waals surface area contributed by atoms with Gasteiger partial charge in [-0.15, -0.1) is 0 Å². The molecular formula is C21H23Br2N3O4. The van der Waals surface area contributed by atoms with Gasteiger partial charge in [0.05, 0.1) is 36.9 Å². The minimum atomic E-state index is 0.00722. The summed E-state index contributed by atoms with van der Waals surface area (Å²) in [6, 6.07) is 11.0. The van der Waals surface area contributed by atoms with Gasteiger partial charge in [-0.2, -0.15) is 0 Å². The number of halogens is 2. The van der Waals surface area contributed by atoms with Crippen molar-refractivity contribution < 1.29 is 19.4 Å². The van der Waals surface area contributed by atoms with Crippen LogP contribution in [0.1, 0.15) is 27.4 Å². The molecule has 3 aromatic heterocycles. The van der Waals surface area contributed by atoms with Gasteiger partial charge in [-0.05, 0) is 68.3 Å². The van der Waals surface area contributed by atoms with E-state index in [1.54, 1.807) is 44.8 Å². The normalized spacial score (nSPS) is 9.63. The second-order valence-electron chi connectivity index (χ2n) is 5.66. The van der Waals surface area contributed by atoms with Gasteiger partial charge in [0.15, 0.2) is 6.29 Å². The molecule has 0 aromatic carbocycles. The summed E-state index contributed by atoms with van der Waals surface area (Å²) in [7, 11) is 3.26. The van der Waals surface area contributed by atoms with E-state index in [1.807, 2.05) is 18.2 Å². The average molecular weight is 541 g/mol. The van der Waals surface area contributed by atoms with Gasteiger partial charge in [0.1, 0.15) is 0 Å². The highest BCUT2D eigenvalue weighted by atomic mass is 79.9. The van der Waals surface area contributed by atoms with Crippen molar-refractivity contribution in [3.05, 3.63) is 86.6 Å². The minimum absolute atomic E-state index is 0.00722. The number of aliphatic hydroxyl groups excluding tert-OH is 1. The fourth-order valence-corrected chi connectivity index (χ4v) is 2.35. The lowest BCUT2D eigenvalue weighted by Gasteiger charge is -1.96. The van der Waals surface area contributed by atoms with Gasteiger partial charge < -0.3 is 14.6 Å². The van der Waals surface area contributed by atoms with E-state index in [0.717, 1.165) is 26.6 Å². The fraction of sp³-hybridized carbons (Fsp3) is 0.238. The van der Waals surface area contributed by atoms with Gasteiger partial charge in [0.2, 0.25) is 0 Å². The van der Waals surface area contributed by atoms with Crippen LogP contribution in [0, 0.1) is 0 Å². The number of hydrogen-bond acceptors (Lipinski definition) is 7. The smallest absolute Gasteiger partial charge is 0.151 e. The van der Waals surface area contributed by atoms with Crippen molar-refractivity contribution in [3.8, 4) is 0 Å². The molecule has 3 aromatic rings. The number of aliphatic hydroxyl groups is 1. The molecule has 0 aliphatic rings. The van der Waals surface area contributed by atoms with Gasteiger partial charge in [-0.3, -0.25) is 19.7 Å². The molecule has 0 fully saturated rings. The third kappa shape index (κ3) is 11.2. The lowest BCUT2D eigenvalue weighted by atomic mass is 10.3. The molecule has 0 aliphatic heterocycles. The first-order valence-corrected chi connectivity index (χ1v) is 10.3. The van der Waals surface area contributed by atoms with Crippen LogP contribution in [0.3, 0.4) is 0 Å². The van der Waals surface area contributed by atoms with Gasteiger partial charge in [0, 0.05) is 47.3 Å². The number of carbonyl (C=O) groups excluding carboxylic acids is 1. The molecule has 30 heavy (non-hydrogen) atoms. The molecule has 0 atom stereocenters. The molecule has 0 unspecified atom stereocenters. The third-order valence-electron chi connectivity index (χ3n) is 3.31. The van der Waals surface area contributed by atoms with Crippen LogP contribution in [0.2, 0.25) is 0 Å². The van der Waals surface area contributed by atoms with Crippen LogP contribution in [0.15, 0.2) is 63.9 Å². The minimum Gasteiger partial charge on any atom is -0.390 e. The summed E-state index contributed by atoms with van der Waals surface area (Å²) in [6.07, 6.45) is 5.71. The molecule has 160 valence electrons. The third-order valence-corrected chi connectivity index (χ3v) is 4.25. The van der Waals surface area contributed by atoms with Crippen LogP contribution in [0.5, 0.6) is 0 Å². The van der Waals surface area contributed by atoms with Gasteiger partial charge >= 0.3 is 0 Å². The van der Waals surface area contributed by atoms with Crippen molar-refractivity contribution in [2.24, 2.45) is 0 Å². The number of aldehydes is 1. The van der Waals surface area contributed by atoms with Crippen molar-refractivity contribution in [3.63, 3.8) is 0 Å². The molecule has 3 heterocycles. The SMILES string of the molecule is COCc1ccc(Br)cn1.COCc1ccc(C=O)cn1.OCc1ccc(Br)cn1. The van der Waals surface area contributed by atoms with E-state index in [1.165, 1.54) is 6.20 Å². The van der Waals surface area contributed by atoms with Crippen LogP contribution < -0.4 is 0 Å². The molecule has 0 saturated heterocycles. The quantitative estimate of drug-likeness (QED) is 0.464. The second kappa shape index (κ2) is 15.8. The predicted octanol–water partition coefficient (Wildman–Crippen LogP) is 4.37. The molecule has 3 rings (SSSR count). The maximum absolute atomic E-state index is 10.2. The predicted molar refractivity (Wildman–Crippen MR) is 121 cm³/mol. The van der Waals surface area contributed by atoms with Crippen LogP contribution in [-0.2, 0) is 29.3 Å². The molecule has 0 aliphatic carbocycles. The maximum atomic E-state index is 10.2. The summed E-state index contributed by atoms with van der Waals surface area (Å²) >= 11 is 6.52. The summed E-state index contributed by atoms with van der Waals surface area (Å²) in [4.78, 5) is 22.2. The molecule has 0 saturated carbocycles. The van der Waals surface area contributed by atoms with E-state index in [9.17, 15) is 4.79 Å². The van der Waals surface area contributed by atoms with Crippen LogP contribution in [0.4, 0.5) is 0 Å². The number of carbonyl (C=O) groups is 1. The topological polar surface area (TPSA) is 94.4 Å². The van der Waals surface area contributed by atoms with E-state index in [-0.39, 0.29) is 6.61 Å². The average Bonchev–Trinajstić information content (AvgIpc) is 2.78. The zero-order valence-corrected chi connectivity index (χ0v) is 19.8.